The molecule has 0 amide bonds. The molecule has 0 bridgehead atoms. The van der Waals surface area contributed by atoms with Gasteiger partial charge in [-0.3, -0.25) is 0 Å². The standard InChI is InChI=1S/C16H17F2N/c1-16(19,10-12-5-3-2-4-6-12)11-13-7-8-14(17)15(18)9-13/h2-9H,10-11,19H2,1H3. The first-order valence-corrected chi connectivity index (χ1v) is 6.23. The van der Waals surface area contributed by atoms with Crippen LogP contribution >= 0.6 is 0 Å². The summed E-state index contributed by atoms with van der Waals surface area (Å²) in [7, 11) is 0. The lowest BCUT2D eigenvalue weighted by molar-refractivity contribution is 0.458. The van der Waals surface area contributed by atoms with Crippen molar-refractivity contribution in [3.8, 4) is 0 Å². The quantitative estimate of drug-likeness (QED) is 0.896. The van der Waals surface area contributed by atoms with Crippen molar-refractivity contribution in [3.05, 3.63) is 71.3 Å². The predicted octanol–water partition coefficient (Wildman–Crippen LogP) is 3.47. The minimum atomic E-state index is -0.828. The van der Waals surface area contributed by atoms with Crippen LogP contribution in [0.4, 0.5) is 8.78 Å². The molecule has 2 aromatic carbocycles. The second-order valence-corrected chi connectivity index (χ2v) is 5.24. The number of halogens is 2. The summed E-state index contributed by atoms with van der Waals surface area (Å²) in [5.41, 5.74) is 7.60. The van der Waals surface area contributed by atoms with Crippen LogP contribution < -0.4 is 5.73 Å². The Morgan fingerprint density at radius 3 is 2.16 bits per heavy atom. The van der Waals surface area contributed by atoms with E-state index in [4.69, 9.17) is 5.73 Å². The summed E-state index contributed by atoms with van der Waals surface area (Å²) in [5, 5.41) is 0. The highest BCUT2D eigenvalue weighted by Gasteiger charge is 2.20. The molecule has 3 heteroatoms. The van der Waals surface area contributed by atoms with E-state index in [-0.39, 0.29) is 0 Å². The van der Waals surface area contributed by atoms with Gasteiger partial charge in [-0.05, 0) is 43.0 Å². The zero-order chi connectivity index (χ0) is 13.9. The molecule has 0 spiro atoms. The summed E-state index contributed by atoms with van der Waals surface area (Å²) in [6.07, 6.45) is 1.19. The highest BCUT2D eigenvalue weighted by Crippen LogP contribution is 2.18. The molecule has 100 valence electrons. The lowest BCUT2D eigenvalue weighted by Crippen LogP contribution is -2.40. The fraction of sp³-hybridized carbons (Fsp3) is 0.250. The molecular formula is C16H17F2N. The van der Waals surface area contributed by atoms with E-state index in [0.717, 1.165) is 11.6 Å². The minimum absolute atomic E-state index is 0.494. The van der Waals surface area contributed by atoms with E-state index in [0.29, 0.717) is 18.4 Å². The third kappa shape index (κ3) is 3.86. The number of benzene rings is 2. The minimum Gasteiger partial charge on any atom is -0.325 e. The SMILES string of the molecule is CC(N)(Cc1ccccc1)Cc1ccc(F)c(F)c1. The van der Waals surface area contributed by atoms with Crippen molar-refractivity contribution in [3.63, 3.8) is 0 Å². The summed E-state index contributed by atoms with van der Waals surface area (Å²) in [6.45, 7) is 1.92. The molecule has 2 rings (SSSR count). The van der Waals surface area contributed by atoms with Crippen LogP contribution in [0.5, 0.6) is 0 Å². The Morgan fingerprint density at radius 2 is 1.53 bits per heavy atom. The molecule has 0 aliphatic rings. The molecule has 0 saturated heterocycles. The Balaban J connectivity index is 2.10. The molecule has 2 aromatic rings. The van der Waals surface area contributed by atoms with Gasteiger partial charge in [0.1, 0.15) is 0 Å². The van der Waals surface area contributed by atoms with E-state index in [1.807, 2.05) is 37.3 Å². The third-order valence-corrected chi connectivity index (χ3v) is 3.04. The first kappa shape index (κ1) is 13.7. The Hall–Kier alpha value is -1.74. The third-order valence-electron chi connectivity index (χ3n) is 3.04. The molecule has 0 fully saturated rings. The molecule has 2 N–H and O–H groups in total. The van der Waals surface area contributed by atoms with Crippen molar-refractivity contribution in [2.24, 2.45) is 5.73 Å². The number of hydrogen-bond donors (Lipinski definition) is 1. The van der Waals surface area contributed by atoms with E-state index in [9.17, 15) is 8.78 Å². The Kier molecular flexibility index (Phi) is 3.96. The lowest BCUT2D eigenvalue weighted by atomic mass is 9.87. The fourth-order valence-electron chi connectivity index (χ4n) is 2.24. The second kappa shape index (κ2) is 5.49. The van der Waals surface area contributed by atoms with Gasteiger partial charge >= 0.3 is 0 Å². The average Bonchev–Trinajstić information content (AvgIpc) is 2.34. The molecule has 0 aliphatic carbocycles. The molecule has 1 atom stereocenters. The molecule has 0 radical (unpaired) electrons. The van der Waals surface area contributed by atoms with Crippen molar-refractivity contribution in [2.75, 3.05) is 0 Å². The van der Waals surface area contributed by atoms with Gasteiger partial charge in [-0.15, -0.1) is 0 Å². The first-order chi connectivity index (χ1) is 8.96. The maximum atomic E-state index is 13.2. The number of rotatable bonds is 4. The van der Waals surface area contributed by atoms with Gasteiger partial charge in [-0.1, -0.05) is 36.4 Å². The van der Waals surface area contributed by atoms with Crippen LogP contribution in [0.25, 0.3) is 0 Å². The van der Waals surface area contributed by atoms with Gasteiger partial charge in [-0.2, -0.15) is 0 Å². The van der Waals surface area contributed by atoms with E-state index in [1.165, 1.54) is 6.07 Å². The zero-order valence-corrected chi connectivity index (χ0v) is 10.9. The fourth-order valence-corrected chi connectivity index (χ4v) is 2.24. The molecule has 0 aromatic heterocycles. The summed E-state index contributed by atoms with van der Waals surface area (Å²) in [5.74, 6) is -1.65. The average molecular weight is 261 g/mol. The predicted molar refractivity (Wildman–Crippen MR) is 72.8 cm³/mol. The molecule has 19 heavy (non-hydrogen) atoms. The maximum Gasteiger partial charge on any atom is 0.159 e. The van der Waals surface area contributed by atoms with Gasteiger partial charge in [-0.25, -0.2) is 8.78 Å². The second-order valence-electron chi connectivity index (χ2n) is 5.24. The largest absolute Gasteiger partial charge is 0.325 e. The molecule has 0 aliphatic heterocycles. The van der Waals surface area contributed by atoms with E-state index in [2.05, 4.69) is 0 Å². The van der Waals surface area contributed by atoms with Crippen LogP contribution in [0.15, 0.2) is 48.5 Å². The zero-order valence-electron chi connectivity index (χ0n) is 10.9. The molecule has 1 nitrogen and oxygen atoms in total. The topological polar surface area (TPSA) is 26.0 Å². The van der Waals surface area contributed by atoms with Crippen LogP contribution in [-0.2, 0) is 12.8 Å². The summed E-state index contributed by atoms with van der Waals surface area (Å²) < 4.78 is 26.0. The number of hydrogen-bond acceptors (Lipinski definition) is 1. The van der Waals surface area contributed by atoms with Crippen LogP contribution in [0.1, 0.15) is 18.1 Å². The van der Waals surface area contributed by atoms with Gasteiger partial charge in [0.15, 0.2) is 11.6 Å². The van der Waals surface area contributed by atoms with Gasteiger partial charge in [0.25, 0.3) is 0 Å². The Bertz CT molecular complexity index is 550. The van der Waals surface area contributed by atoms with Crippen molar-refractivity contribution in [2.45, 2.75) is 25.3 Å². The summed E-state index contributed by atoms with van der Waals surface area (Å²) in [6, 6.07) is 13.8. The van der Waals surface area contributed by atoms with E-state index >= 15 is 0 Å². The molecule has 0 heterocycles. The summed E-state index contributed by atoms with van der Waals surface area (Å²) in [4.78, 5) is 0. The van der Waals surface area contributed by atoms with E-state index < -0.39 is 17.2 Å². The van der Waals surface area contributed by atoms with Crippen LogP contribution in [0.3, 0.4) is 0 Å². The van der Waals surface area contributed by atoms with Gasteiger partial charge in [0.2, 0.25) is 0 Å². The Labute approximate surface area is 112 Å². The van der Waals surface area contributed by atoms with Gasteiger partial charge < -0.3 is 5.73 Å². The van der Waals surface area contributed by atoms with Crippen LogP contribution in [-0.4, -0.2) is 5.54 Å². The van der Waals surface area contributed by atoms with Crippen molar-refractivity contribution >= 4 is 0 Å². The van der Waals surface area contributed by atoms with Crippen LogP contribution in [0, 0.1) is 11.6 Å². The smallest absolute Gasteiger partial charge is 0.159 e. The van der Waals surface area contributed by atoms with Gasteiger partial charge in [0.05, 0.1) is 0 Å². The molecular weight excluding hydrogens is 244 g/mol. The maximum absolute atomic E-state index is 13.2. The molecule has 1 unspecified atom stereocenters. The summed E-state index contributed by atoms with van der Waals surface area (Å²) >= 11 is 0. The highest BCUT2D eigenvalue weighted by molar-refractivity contribution is 5.23. The normalized spacial score (nSPS) is 14.1. The Morgan fingerprint density at radius 1 is 0.895 bits per heavy atom. The van der Waals surface area contributed by atoms with Crippen LogP contribution in [0.2, 0.25) is 0 Å². The lowest BCUT2D eigenvalue weighted by Gasteiger charge is -2.25. The first-order valence-electron chi connectivity index (χ1n) is 6.23. The van der Waals surface area contributed by atoms with Crippen molar-refractivity contribution < 1.29 is 8.78 Å². The highest BCUT2D eigenvalue weighted by atomic mass is 19.2. The van der Waals surface area contributed by atoms with E-state index in [1.54, 1.807) is 6.07 Å². The van der Waals surface area contributed by atoms with Gasteiger partial charge in [0, 0.05) is 5.54 Å². The van der Waals surface area contributed by atoms with Crippen molar-refractivity contribution in [1.82, 2.24) is 0 Å². The monoisotopic (exact) mass is 261 g/mol. The number of nitrogens with two attached hydrogens (primary N) is 1. The van der Waals surface area contributed by atoms with Crippen molar-refractivity contribution in [1.29, 1.82) is 0 Å². The molecule has 0 saturated carbocycles.